The Morgan fingerprint density at radius 3 is 2.32 bits per heavy atom. The van der Waals surface area contributed by atoms with Crippen LogP contribution in [0.5, 0.6) is 0 Å². The number of aromatic nitrogens is 1. The number of pyridine rings is 1. The number of amides is 1. The summed E-state index contributed by atoms with van der Waals surface area (Å²) in [6, 6.07) is 5.64. The fourth-order valence-corrected chi connectivity index (χ4v) is 3.90. The topological polar surface area (TPSA) is 53.5 Å². The molecule has 1 fully saturated rings. The lowest BCUT2D eigenvalue weighted by atomic mass is 10.1. The number of ketones is 1. The van der Waals surface area contributed by atoms with Crippen molar-refractivity contribution in [1.82, 2.24) is 9.88 Å². The summed E-state index contributed by atoms with van der Waals surface area (Å²) in [5.74, 6) is 0.221. The molecule has 5 nitrogen and oxygen atoms in total. The van der Waals surface area contributed by atoms with E-state index in [2.05, 4.69) is 4.98 Å². The van der Waals surface area contributed by atoms with Gasteiger partial charge in [0.05, 0.1) is 14.8 Å². The predicted octanol–water partition coefficient (Wildman–Crippen LogP) is 4.13. The SMILES string of the molecule is O=C(CCC(=O)N1CCN(c2ccc(C(F)(F)F)cn2)CC1)c1ccc(Cl)s1. The first kappa shape index (κ1) is 20.6. The van der Waals surface area contributed by atoms with Gasteiger partial charge in [-0.05, 0) is 24.3 Å². The van der Waals surface area contributed by atoms with Gasteiger partial charge in [-0.3, -0.25) is 9.59 Å². The van der Waals surface area contributed by atoms with E-state index in [0.29, 0.717) is 41.2 Å². The van der Waals surface area contributed by atoms with Gasteiger partial charge in [0.2, 0.25) is 5.91 Å². The van der Waals surface area contributed by atoms with Crippen molar-refractivity contribution >= 4 is 40.4 Å². The number of carbonyl (C=O) groups is 2. The van der Waals surface area contributed by atoms with E-state index >= 15 is 0 Å². The molecule has 0 atom stereocenters. The lowest BCUT2D eigenvalue weighted by molar-refractivity contribution is -0.137. The van der Waals surface area contributed by atoms with Crippen LogP contribution in [-0.2, 0) is 11.0 Å². The van der Waals surface area contributed by atoms with Gasteiger partial charge in [0.1, 0.15) is 5.82 Å². The fourth-order valence-electron chi connectivity index (χ4n) is 2.89. The highest BCUT2D eigenvalue weighted by atomic mass is 35.5. The first-order chi connectivity index (χ1) is 13.2. The second-order valence-corrected chi connectivity index (χ2v) is 8.01. The molecule has 3 rings (SSSR count). The zero-order valence-electron chi connectivity index (χ0n) is 14.7. The van der Waals surface area contributed by atoms with Crippen LogP contribution in [-0.4, -0.2) is 47.8 Å². The van der Waals surface area contributed by atoms with Gasteiger partial charge in [-0.2, -0.15) is 13.2 Å². The third-order valence-corrected chi connectivity index (χ3v) is 5.72. The van der Waals surface area contributed by atoms with Crippen molar-refractivity contribution in [3.63, 3.8) is 0 Å². The summed E-state index contributed by atoms with van der Waals surface area (Å²) in [4.78, 5) is 32.3. The van der Waals surface area contributed by atoms with Crippen LogP contribution in [0.25, 0.3) is 0 Å². The summed E-state index contributed by atoms with van der Waals surface area (Å²) in [5.41, 5.74) is -0.790. The third kappa shape index (κ3) is 5.02. The molecule has 0 N–H and O–H groups in total. The van der Waals surface area contributed by atoms with Crippen LogP contribution >= 0.6 is 22.9 Å². The number of carbonyl (C=O) groups excluding carboxylic acids is 2. The van der Waals surface area contributed by atoms with Gasteiger partial charge in [0.25, 0.3) is 0 Å². The number of rotatable bonds is 5. The summed E-state index contributed by atoms with van der Waals surface area (Å²) < 4.78 is 38.4. The van der Waals surface area contributed by atoms with E-state index in [9.17, 15) is 22.8 Å². The Kier molecular flexibility index (Phi) is 6.24. The number of halogens is 4. The standard InChI is InChI=1S/C18H17ClF3N3O2S/c19-15-4-3-14(28-15)13(26)2-6-17(27)25-9-7-24(8-10-25)16-5-1-12(11-23-16)18(20,21)22/h1,3-5,11H,2,6-10H2. The Bertz CT molecular complexity index is 847. The van der Waals surface area contributed by atoms with Crippen molar-refractivity contribution in [2.24, 2.45) is 0 Å². The lowest BCUT2D eigenvalue weighted by Crippen LogP contribution is -2.49. The minimum Gasteiger partial charge on any atom is -0.353 e. The summed E-state index contributed by atoms with van der Waals surface area (Å²) in [5, 5.41) is 0. The Hall–Kier alpha value is -2.13. The molecule has 0 unspecified atom stereocenters. The van der Waals surface area contributed by atoms with Gasteiger partial charge in [-0.1, -0.05) is 11.6 Å². The molecule has 0 saturated carbocycles. The van der Waals surface area contributed by atoms with E-state index < -0.39 is 11.7 Å². The smallest absolute Gasteiger partial charge is 0.353 e. The van der Waals surface area contributed by atoms with Crippen molar-refractivity contribution in [1.29, 1.82) is 0 Å². The zero-order valence-corrected chi connectivity index (χ0v) is 16.3. The second kappa shape index (κ2) is 8.48. The molecule has 0 spiro atoms. The highest BCUT2D eigenvalue weighted by molar-refractivity contribution is 7.18. The third-order valence-electron chi connectivity index (χ3n) is 4.45. The van der Waals surface area contributed by atoms with Gasteiger partial charge in [-0.15, -0.1) is 11.3 Å². The molecule has 2 aromatic rings. The highest BCUT2D eigenvalue weighted by Crippen LogP contribution is 2.29. The minimum atomic E-state index is -4.41. The van der Waals surface area contributed by atoms with E-state index in [1.54, 1.807) is 17.0 Å². The molecular formula is C18H17ClF3N3O2S. The van der Waals surface area contributed by atoms with Crippen LogP contribution in [0, 0.1) is 0 Å². The van der Waals surface area contributed by atoms with Crippen LogP contribution in [0.3, 0.4) is 0 Å². The molecule has 28 heavy (non-hydrogen) atoms. The van der Waals surface area contributed by atoms with Crippen molar-refractivity contribution in [3.8, 4) is 0 Å². The molecule has 3 heterocycles. The van der Waals surface area contributed by atoms with Crippen LogP contribution in [0.2, 0.25) is 4.34 Å². The Labute approximate surface area is 168 Å². The van der Waals surface area contributed by atoms with Crippen LogP contribution in [0.4, 0.5) is 19.0 Å². The van der Waals surface area contributed by atoms with Crippen LogP contribution < -0.4 is 4.90 Å². The Balaban J connectivity index is 1.48. The highest BCUT2D eigenvalue weighted by Gasteiger charge is 2.31. The number of piperazine rings is 1. The fraction of sp³-hybridized carbons (Fsp3) is 0.389. The monoisotopic (exact) mass is 431 g/mol. The van der Waals surface area contributed by atoms with E-state index in [0.717, 1.165) is 12.3 Å². The van der Waals surface area contributed by atoms with E-state index in [4.69, 9.17) is 11.6 Å². The number of nitrogens with zero attached hydrogens (tertiary/aromatic N) is 3. The average molecular weight is 432 g/mol. The first-order valence-electron chi connectivity index (χ1n) is 8.58. The van der Waals surface area contributed by atoms with Crippen molar-refractivity contribution < 1.29 is 22.8 Å². The van der Waals surface area contributed by atoms with E-state index in [1.165, 1.54) is 17.4 Å². The number of anilines is 1. The average Bonchev–Trinajstić information content (AvgIpc) is 3.12. The number of thiophene rings is 1. The maximum Gasteiger partial charge on any atom is 0.417 e. The van der Waals surface area contributed by atoms with Gasteiger partial charge in [-0.25, -0.2) is 4.98 Å². The molecule has 1 amide bonds. The zero-order chi connectivity index (χ0) is 20.3. The normalized spacial score (nSPS) is 15.0. The number of Topliss-reactive ketones (excluding diaryl/α,β-unsaturated/α-hetero) is 1. The van der Waals surface area contributed by atoms with Crippen molar-refractivity contribution in [2.75, 3.05) is 31.1 Å². The summed E-state index contributed by atoms with van der Waals surface area (Å²) in [6.45, 7) is 1.80. The van der Waals surface area contributed by atoms with Crippen LogP contribution in [0.15, 0.2) is 30.5 Å². The molecule has 0 radical (unpaired) electrons. The molecule has 1 aliphatic rings. The molecule has 1 aliphatic heterocycles. The number of alkyl halides is 3. The maximum absolute atomic E-state index is 12.6. The Morgan fingerprint density at radius 1 is 1.07 bits per heavy atom. The minimum absolute atomic E-state index is 0.113. The molecule has 2 aromatic heterocycles. The van der Waals surface area contributed by atoms with Crippen LogP contribution in [0.1, 0.15) is 28.1 Å². The summed E-state index contributed by atoms with van der Waals surface area (Å²) >= 11 is 7.00. The molecular weight excluding hydrogens is 415 g/mol. The first-order valence-corrected chi connectivity index (χ1v) is 9.78. The largest absolute Gasteiger partial charge is 0.417 e. The van der Waals surface area contributed by atoms with Gasteiger partial charge < -0.3 is 9.80 Å². The predicted molar refractivity (Wildman–Crippen MR) is 101 cm³/mol. The van der Waals surface area contributed by atoms with E-state index in [-0.39, 0.29) is 24.5 Å². The van der Waals surface area contributed by atoms with Crippen molar-refractivity contribution in [2.45, 2.75) is 19.0 Å². The van der Waals surface area contributed by atoms with E-state index in [1.807, 2.05) is 4.90 Å². The second-order valence-electron chi connectivity index (χ2n) is 6.30. The number of hydrogen-bond acceptors (Lipinski definition) is 5. The molecule has 150 valence electrons. The van der Waals surface area contributed by atoms with Gasteiger partial charge in [0.15, 0.2) is 5.78 Å². The molecule has 1 saturated heterocycles. The maximum atomic E-state index is 12.6. The molecule has 0 aromatic carbocycles. The number of hydrogen-bond donors (Lipinski definition) is 0. The van der Waals surface area contributed by atoms with Gasteiger partial charge in [0, 0.05) is 45.2 Å². The quantitative estimate of drug-likeness (QED) is 0.668. The molecule has 10 heteroatoms. The van der Waals surface area contributed by atoms with Crippen molar-refractivity contribution in [3.05, 3.63) is 45.2 Å². The summed E-state index contributed by atoms with van der Waals surface area (Å²) in [7, 11) is 0. The van der Waals surface area contributed by atoms with Gasteiger partial charge >= 0.3 is 6.18 Å². The Morgan fingerprint density at radius 2 is 1.79 bits per heavy atom. The summed E-state index contributed by atoms with van der Waals surface area (Å²) in [6.07, 6.45) is -3.36. The molecule has 0 aliphatic carbocycles. The molecule has 0 bridgehead atoms. The lowest BCUT2D eigenvalue weighted by Gasteiger charge is -2.35.